The van der Waals surface area contributed by atoms with Crippen LogP contribution in [0.5, 0.6) is 0 Å². The number of nitrogens with one attached hydrogen (secondary N) is 1. The zero-order valence-corrected chi connectivity index (χ0v) is 23.5. The molecule has 2 aromatic heterocycles. The van der Waals surface area contributed by atoms with Crippen molar-refractivity contribution >= 4 is 42.8 Å². The zero-order chi connectivity index (χ0) is 24.5. The van der Waals surface area contributed by atoms with E-state index in [9.17, 15) is 4.21 Å². The predicted octanol–water partition coefficient (Wildman–Crippen LogP) is 6.71. The van der Waals surface area contributed by atoms with E-state index in [4.69, 9.17) is 5.73 Å². The Morgan fingerprint density at radius 1 is 1.00 bits per heavy atom. The fourth-order valence-electron chi connectivity index (χ4n) is 2.59. The summed E-state index contributed by atoms with van der Waals surface area (Å²) < 4.78 is 16.7. The van der Waals surface area contributed by atoms with Gasteiger partial charge >= 0.3 is 0 Å². The molecule has 0 aliphatic heterocycles. The third-order valence-corrected chi connectivity index (χ3v) is 6.63. The number of rotatable bonds is 8. The highest BCUT2D eigenvalue weighted by Crippen LogP contribution is 2.23. The minimum atomic E-state index is -1.14. The number of aromatic nitrogens is 2. The average Bonchev–Trinajstić information content (AvgIpc) is 2.66. The van der Waals surface area contributed by atoms with E-state index >= 15 is 0 Å². The lowest BCUT2D eigenvalue weighted by molar-refractivity contribution is 0.587. The Bertz CT molecular complexity index is 944. The Morgan fingerprint density at radius 2 is 1.47 bits per heavy atom. The lowest BCUT2D eigenvalue weighted by Gasteiger charge is -2.24. The molecule has 3 atom stereocenters. The molecule has 5 nitrogen and oxygen atoms in total. The minimum absolute atomic E-state index is 0.0463. The molecule has 2 aromatic rings. The molecule has 0 aliphatic rings. The maximum absolute atomic E-state index is 12.2. The molecule has 0 amide bonds. The molecule has 0 fully saturated rings. The van der Waals surface area contributed by atoms with Gasteiger partial charge in [-0.3, -0.25) is 0 Å². The highest BCUT2D eigenvalue weighted by molar-refractivity contribution is 9.10. The zero-order valence-electron chi connectivity index (χ0n) is 19.5. The van der Waals surface area contributed by atoms with E-state index < -0.39 is 11.0 Å². The quantitative estimate of drug-likeness (QED) is 0.266. The molecule has 0 spiro atoms. The van der Waals surface area contributed by atoms with Crippen LogP contribution >= 0.6 is 31.9 Å². The molecule has 0 bridgehead atoms. The molecule has 2 heterocycles. The van der Waals surface area contributed by atoms with Crippen LogP contribution in [0.2, 0.25) is 0 Å². The topological polar surface area (TPSA) is 80.9 Å². The maximum Gasteiger partial charge on any atom is 0.106 e. The molecule has 176 valence electrons. The van der Waals surface area contributed by atoms with Crippen molar-refractivity contribution in [3.8, 4) is 0 Å². The van der Waals surface area contributed by atoms with E-state index in [2.05, 4.69) is 59.7 Å². The monoisotopic (exact) mass is 584 g/mol. The number of hydrogen-bond donors (Lipinski definition) is 2. The second-order valence-corrected chi connectivity index (χ2v) is 12.4. The molecule has 0 unspecified atom stereocenters. The van der Waals surface area contributed by atoms with Gasteiger partial charge in [0, 0.05) is 0 Å². The van der Waals surface area contributed by atoms with Crippen LogP contribution in [-0.2, 0) is 11.0 Å². The molecule has 0 saturated heterocycles. The van der Waals surface area contributed by atoms with Gasteiger partial charge in [-0.25, -0.2) is 18.9 Å². The average molecular weight is 586 g/mol. The van der Waals surface area contributed by atoms with Crippen LogP contribution in [0.1, 0.15) is 70.9 Å². The Labute approximate surface area is 212 Å². The van der Waals surface area contributed by atoms with Crippen molar-refractivity contribution in [1.29, 1.82) is 0 Å². The molecular weight excluding hydrogens is 552 g/mol. The van der Waals surface area contributed by atoms with Crippen molar-refractivity contribution < 1.29 is 4.21 Å². The van der Waals surface area contributed by atoms with Gasteiger partial charge in [0.25, 0.3) is 0 Å². The summed E-state index contributed by atoms with van der Waals surface area (Å²) in [7, 11) is -1.14. The van der Waals surface area contributed by atoms with Gasteiger partial charge in [0.1, 0.15) is 9.21 Å². The first kappa shape index (κ1) is 28.8. The molecular formula is C24H34Br2N4OS. The van der Waals surface area contributed by atoms with Gasteiger partial charge in [-0.15, -0.1) is 13.2 Å². The summed E-state index contributed by atoms with van der Waals surface area (Å²) in [5.41, 5.74) is 9.80. The van der Waals surface area contributed by atoms with E-state index in [-0.39, 0.29) is 16.8 Å². The van der Waals surface area contributed by atoms with Crippen molar-refractivity contribution in [2.75, 3.05) is 0 Å². The molecule has 0 radical (unpaired) electrons. The van der Waals surface area contributed by atoms with E-state index in [1.54, 1.807) is 0 Å². The lowest BCUT2D eigenvalue weighted by atomic mass is 10.1. The lowest BCUT2D eigenvalue weighted by Crippen LogP contribution is -2.36. The summed E-state index contributed by atoms with van der Waals surface area (Å²) in [5.74, 6) is 0. The number of halogens is 2. The minimum Gasteiger partial charge on any atom is -0.322 e. The number of hydrogen-bond acceptors (Lipinski definition) is 4. The van der Waals surface area contributed by atoms with Crippen LogP contribution in [0, 0.1) is 0 Å². The smallest absolute Gasteiger partial charge is 0.106 e. The molecule has 0 aromatic carbocycles. The van der Waals surface area contributed by atoms with Gasteiger partial charge in [0.2, 0.25) is 0 Å². The Kier molecular flexibility index (Phi) is 12.2. The maximum atomic E-state index is 12.2. The second kappa shape index (κ2) is 13.5. The fraction of sp³-hybridized carbons (Fsp3) is 0.417. The van der Waals surface area contributed by atoms with Gasteiger partial charge in [-0.2, -0.15) is 0 Å². The van der Waals surface area contributed by atoms with E-state index in [0.717, 1.165) is 38.2 Å². The standard InChI is InChI=1S/C14H21BrN2OS.C10H13BrN2/c1-10(2)9-12(17-19(18)14(3,4)5)11-7-6-8-13(15)16-11;1-7(2)6-8(12)9-4-3-5-10(11)13-9/h6-8,12,17H,1,9H2,2-5H3;3-5,8H,1,6,12H2,2H3/t12-,19-;8-/m00/s1. The summed E-state index contributed by atoms with van der Waals surface area (Å²) in [5, 5.41) is 0. The van der Waals surface area contributed by atoms with Crippen LogP contribution in [0.15, 0.2) is 69.9 Å². The first-order chi connectivity index (χ1) is 14.8. The molecule has 0 aliphatic carbocycles. The van der Waals surface area contributed by atoms with Crippen LogP contribution < -0.4 is 10.5 Å². The third kappa shape index (κ3) is 11.1. The van der Waals surface area contributed by atoms with Crippen LogP contribution in [-0.4, -0.2) is 18.9 Å². The summed E-state index contributed by atoms with van der Waals surface area (Å²) in [6.45, 7) is 17.5. The van der Waals surface area contributed by atoms with Crippen molar-refractivity contribution in [3.63, 3.8) is 0 Å². The number of nitrogens with zero attached hydrogens (tertiary/aromatic N) is 2. The van der Waals surface area contributed by atoms with Crippen LogP contribution in [0.3, 0.4) is 0 Å². The van der Waals surface area contributed by atoms with Gasteiger partial charge in [-0.1, -0.05) is 23.3 Å². The van der Waals surface area contributed by atoms with Crippen molar-refractivity contribution in [2.24, 2.45) is 5.73 Å². The van der Waals surface area contributed by atoms with Crippen molar-refractivity contribution in [2.45, 2.75) is 64.3 Å². The Hall–Kier alpha value is -1.19. The number of pyridine rings is 2. The first-order valence-corrected chi connectivity index (χ1v) is 13.0. The van der Waals surface area contributed by atoms with Gasteiger partial charge in [0.05, 0.1) is 39.2 Å². The summed E-state index contributed by atoms with van der Waals surface area (Å²) in [4.78, 5) is 8.72. The van der Waals surface area contributed by atoms with E-state index in [0.29, 0.717) is 6.42 Å². The second-order valence-electron chi connectivity index (χ2n) is 8.75. The largest absolute Gasteiger partial charge is 0.322 e. The Morgan fingerprint density at radius 3 is 1.91 bits per heavy atom. The Balaban J connectivity index is 0.000000343. The molecule has 32 heavy (non-hydrogen) atoms. The van der Waals surface area contributed by atoms with Crippen LogP contribution in [0.4, 0.5) is 0 Å². The van der Waals surface area contributed by atoms with Gasteiger partial charge in [-0.05, 0) is 104 Å². The fourth-order valence-corrected chi connectivity index (χ4v) is 4.12. The SMILES string of the molecule is C=C(C)C[C@H](N)c1cccc(Br)n1.C=C(C)C[C@H](N[S@@](=O)C(C)(C)C)c1cccc(Br)n1. The summed E-state index contributed by atoms with van der Waals surface area (Å²) in [6.07, 6.45) is 1.49. The molecule has 3 N–H and O–H groups in total. The molecule has 8 heteroatoms. The summed E-state index contributed by atoms with van der Waals surface area (Å²) in [6, 6.07) is 11.4. The molecule has 2 rings (SSSR count). The first-order valence-electron chi connectivity index (χ1n) is 10.3. The molecule has 0 saturated carbocycles. The summed E-state index contributed by atoms with van der Waals surface area (Å²) >= 11 is 6.67. The van der Waals surface area contributed by atoms with E-state index in [1.165, 1.54) is 0 Å². The third-order valence-electron chi connectivity index (χ3n) is 4.14. The van der Waals surface area contributed by atoms with Gasteiger partial charge < -0.3 is 5.73 Å². The van der Waals surface area contributed by atoms with Gasteiger partial charge in [0.15, 0.2) is 0 Å². The normalized spacial score (nSPS) is 14.0. The van der Waals surface area contributed by atoms with Crippen molar-refractivity contribution in [1.82, 2.24) is 14.7 Å². The van der Waals surface area contributed by atoms with E-state index in [1.807, 2.05) is 71.0 Å². The van der Waals surface area contributed by atoms with Crippen LogP contribution in [0.25, 0.3) is 0 Å². The predicted molar refractivity (Wildman–Crippen MR) is 143 cm³/mol. The highest BCUT2D eigenvalue weighted by atomic mass is 79.9. The number of nitrogens with two attached hydrogens (primary N) is 1. The highest BCUT2D eigenvalue weighted by Gasteiger charge is 2.24. The van der Waals surface area contributed by atoms with Crippen molar-refractivity contribution in [3.05, 3.63) is 81.3 Å².